The summed E-state index contributed by atoms with van der Waals surface area (Å²) in [5.74, 6) is 0.283. The van der Waals surface area contributed by atoms with Crippen LogP contribution in [0, 0.1) is 0 Å². The van der Waals surface area contributed by atoms with Crippen molar-refractivity contribution in [2.45, 2.75) is 25.9 Å². The average molecular weight is 310 g/mol. The fraction of sp³-hybridized carbons (Fsp3) is 0.250. The molecule has 0 bridgehead atoms. The van der Waals surface area contributed by atoms with Gasteiger partial charge in [-0.2, -0.15) is 0 Å². The third-order valence-corrected chi connectivity index (χ3v) is 3.98. The van der Waals surface area contributed by atoms with Gasteiger partial charge >= 0.3 is 0 Å². The van der Waals surface area contributed by atoms with Gasteiger partial charge in [-0.1, -0.05) is 48.3 Å². The Balaban J connectivity index is 2.05. The lowest BCUT2D eigenvalue weighted by Crippen LogP contribution is -2.20. The van der Waals surface area contributed by atoms with Crippen molar-refractivity contribution in [3.05, 3.63) is 63.6 Å². The normalized spacial score (nSPS) is 12.3. The Kier molecular flexibility index (Phi) is 5.30. The molecule has 1 atom stereocenters. The summed E-state index contributed by atoms with van der Waals surface area (Å²) in [5.41, 5.74) is 2.25. The lowest BCUT2D eigenvalue weighted by atomic mass is 10.0. The SMILES string of the molecule is CCC(NCc1ccc(O)cc1)c1ccc(Cl)c(Cl)c1. The molecule has 0 heterocycles. The maximum atomic E-state index is 9.27. The molecule has 1 unspecified atom stereocenters. The number of benzene rings is 2. The first-order chi connectivity index (χ1) is 9.60. The van der Waals surface area contributed by atoms with Crippen molar-refractivity contribution in [3.8, 4) is 5.75 Å². The Hall–Kier alpha value is -1.22. The van der Waals surface area contributed by atoms with E-state index < -0.39 is 0 Å². The van der Waals surface area contributed by atoms with Crippen LogP contribution in [0.25, 0.3) is 0 Å². The summed E-state index contributed by atoms with van der Waals surface area (Å²) in [6, 6.07) is 13.1. The van der Waals surface area contributed by atoms with Crippen LogP contribution in [0.1, 0.15) is 30.5 Å². The monoisotopic (exact) mass is 309 g/mol. The van der Waals surface area contributed by atoms with Gasteiger partial charge in [0.05, 0.1) is 10.0 Å². The lowest BCUT2D eigenvalue weighted by Gasteiger charge is -2.18. The van der Waals surface area contributed by atoms with Gasteiger partial charge in [-0.15, -0.1) is 0 Å². The molecule has 0 aliphatic carbocycles. The van der Waals surface area contributed by atoms with Crippen LogP contribution in [0.4, 0.5) is 0 Å². The minimum absolute atomic E-state index is 0.221. The van der Waals surface area contributed by atoms with Crippen molar-refractivity contribution in [3.63, 3.8) is 0 Å². The van der Waals surface area contributed by atoms with E-state index >= 15 is 0 Å². The first kappa shape index (κ1) is 15.2. The average Bonchev–Trinajstić information content (AvgIpc) is 2.45. The molecule has 0 aliphatic heterocycles. The number of phenolic OH excluding ortho intramolecular Hbond substituents is 1. The number of aromatic hydroxyl groups is 1. The molecule has 0 amide bonds. The number of hydrogen-bond donors (Lipinski definition) is 2. The number of hydrogen-bond acceptors (Lipinski definition) is 2. The van der Waals surface area contributed by atoms with Gasteiger partial charge in [0.1, 0.15) is 5.75 Å². The van der Waals surface area contributed by atoms with E-state index in [1.54, 1.807) is 12.1 Å². The van der Waals surface area contributed by atoms with Crippen LogP contribution in [-0.2, 0) is 6.54 Å². The van der Waals surface area contributed by atoms with Crippen molar-refractivity contribution in [2.75, 3.05) is 0 Å². The van der Waals surface area contributed by atoms with Gasteiger partial charge in [-0.25, -0.2) is 0 Å². The molecule has 0 spiro atoms. The molecular formula is C16H17Cl2NO. The highest BCUT2D eigenvalue weighted by Crippen LogP contribution is 2.27. The van der Waals surface area contributed by atoms with Crippen molar-refractivity contribution in [1.29, 1.82) is 0 Å². The van der Waals surface area contributed by atoms with Crippen molar-refractivity contribution >= 4 is 23.2 Å². The molecule has 0 saturated carbocycles. The minimum Gasteiger partial charge on any atom is -0.508 e. The second kappa shape index (κ2) is 6.98. The summed E-state index contributed by atoms with van der Waals surface area (Å²) in [6.45, 7) is 2.86. The number of phenols is 1. The zero-order valence-corrected chi connectivity index (χ0v) is 12.7. The first-order valence-corrected chi connectivity index (χ1v) is 7.32. The number of nitrogens with one attached hydrogen (secondary N) is 1. The standard InChI is InChI=1S/C16H17Cl2NO/c1-2-16(12-5-8-14(17)15(18)9-12)19-10-11-3-6-13(20)7-4-11/h3-9,16,19-20H,2,10H2,1H3. The van der Waals surface area contributed by atoms with E-state index in [1.165, 1.54) is 0 Å². The molecular weight excluding hydrogens is 293 g/mol. The number of rotatable bonds is 5. The summed E-state index contributed by atoms with van der Waals surface area (Å²) in [7, 11) is 0. The van der Waals surface area contributed by atoms with Crippen LogP contribution < -0.4 is 5.32 Å². The molecule has 0 saturated heterocycles. The van der Waals surface area contributed by atoms with Gasteiger partial charge in [-0.05, 0) is 41.8 Å². The second-order valence-corrected chi connectivity index (χ2v) is 5.50. The van der Waals surface area contributed by atoms with E-state index in [-0.39, 0.29) is 11.8 Å². The summed E-state index contributed by atoms with van der Waals surface area (Å²) >= 11 is 12.0. The van der Waals surface area contributed by atoms with Gasteiger partial charge in [-0.3, -0.25) is 0 Å². The maximum absolute atomic E-state index is 9.27. The molecule has 2 rings (SSSR count). The topological polar surface area (TPSA) is 32.3 Å². The van der Waals surface area contributed by atoms with E-state index in [9.17, 15) is 5.11 Å². The summed E-state index contributed by atoms with van der Waals surface area (Å²) < 4.78 is 0. The zero-order valence-electron chi connectivity index (χ0n) is 11.2. The van der Waals surface area contributed by atoms with E-state index in [2.05, 4.69) is 12.2 Å². The smallest absolute Gasteiger partial charge is 0.115 e. The summed E-state index contributed by atoms with van der Waals surface area (Å²) in [4.78, 5) is 0. The number of halogens is 2. The zero-order chi connectivity index (χ0) is 14.5. The van der Waals surface area contributed by atoms with Crippen LogP contribution in [0.2, 0.25) is 10.0 Å². The molecule has 20 heavy (non-hydrogen) atoms. The summed E-state index contributed by atoms with van der Waals surface area (Å²) in [6.07, 6.45) is 0.954. The van der Waals surface area contributed by atoms with Crippen molar-refractivity contribution in [2.24, 2.45) is 0 Å². The molecule has 0 aromatic heterocycles. The molecule has 2 aromatic carbocycles. The van der Waals surface area contributed by atoms with Crippen molar-refractivity contribution in [1.82, 2.24) is 5.32 Å². The third kappa shape index (κ3) is 3.89. The first-order valence-electron chi connectivity index (χ1n) is 6.56. The van der Waals surface area contributed by atoms with Crippen LogP contribution in [-0.4, -0.2) is 5.11 Å². The Morgan fingerprint density at radius 2 is 1.75 bits per heavy atom. The predicted octanol–water partition coefficient (Wildman–Crippen LogP) is 4.94. The van der Waals surface area contributed by atoms with Gasteiger partial charge in [0.2, 0.25) is 0 Å². The Morgan fingerprint density at radius 3 is 2.35 bits per heavy atom. The molecule has 2 aromatic rings. The van der Waals surface area contributed by atoms with Crippen LogP contribution in [0.15, 0.2) is 42.5 Å². The van der Waals surface area contributed by atoms with Crippen LogP contribution >= 0.6 is 23.2 Å². The fourth-order valence-electron chi connectivity index (χ4n) is 2.08. The Bertz CT molecular complexity index is 569. The van der Waals surface area contributed by atoms with Gasteiger partial charge < -0.3 is 10.4 Å². The second-order valence-electron chi connectivity index (χ2n) is 4.68. The predicted molar refractivity (Wildman–Crippen MR) is 84.4 cm³/mol. The Labute approximate surface area is 129 Å². The summed E-state index contributed by atoms with van der Waals surface area (Å²) in [5, 5.41) is 13.9. The van der Waals surface area contributed by atoms with Crippen LogP contribution in [0.3, 0.4) is 0 Å². The minimum atomic E-state index is 0.221. The molecule has 0 aliphatic rings. The van der Waals surface area contributed by atoms with Gasteiger partial charge in [0, 0.05) is 12.6 Å². The molecule has 0 radical (unpaired) electrons. The van der Waals surface area contributed by atoms with Crippen molar-refractivity contribution < 1.29 is 5.11 Å². The molecule has 106 valence electrons. The lowest BCUT2D eigenvalue weighted by molar-refractivity contribution is 0.474. The van der Waals surface area contributed by atoms with Crippen LogP contribution in [0.5, 0.6) is 5.75 Å². The highest BCUT2D eigenvalue weighted by molar-refractivity contribution is 6.42. The third-order valence-electron chi connectivity index (χ3n) is 3.24. The van der Waals surface area contributed by atoms with E-state index in [0.29, 0.717) is 10.0 Å². The highest BCUT2D eigenvalue weighted by atomic mass is 35.5. The highest BCUT2D eigenvalue weighted by Gasteiger charge is 2.10. The maximum Gasteiger partial charge on any atom is 0.115 e. The molecule has 4 heteroatoms. The van der Waals surface area contributed by atoms with E-state index in [4.69, 9.17) is 23.2 Å². The molecule has 2 N–H and O–H groups in total. The Morgan fingerprint density at radius 1 is 1.05 bits per heavy atom. The van der Waals surface area contributed by atoms with Gasteiger partial charge in [0.25, 0.3) is 0 Å². The van der Waals surface area contributed by atoms with E-state index in [1.807, 2.05) is 30.3 Å². The quantitative estimate of drug-likeness (QED) is 0.820. The van der Waals surface area contributed by atoms with Gasteiger partial charge in [0.15, 0.2) is 0 Å². The fourth-order valence-corrected chi connectivity index (χ4v) is 2.39. The van der Waals surface area contributed by atoms with E-state index in [0.717, 1.165) is 24.1 Å². The molecule has 0 fully saturated rings. The largest absolute Gasteiger partial charge is 0.508 e. The molecule has 2 nitrogen and oxygen atoms in total.